The van der Waals surface area contributed by atoms with Crippen LogP contribution >= 0.6 is 0 Å². The molecule has 1 amide bonds. The lowest BCUT2D eigenvalue weighted by Crippen LogP contribution is -2.24. The lowest BCUT2D eigenvalue weighted by molar-refractivity contribution is -0.120. The second-order valence-electron chi connectivity index (χ2n) is 6.23. The predicted octanol–water partition coefficient (Wildman–Crippen LogP) is 3.09. The van der Waals surface area contributed by atoms with Gasteiger partial charge in [-0.1, -0.05) is 23.4 Å². The summed E-state index contributed by atoms with van der Waals surface area (Å²) in [6.07, 6.45) is 0.150. The number of carbonyl (C=O) groups excluding carboxylic acids is 2. The van der Waals surface area contributed by atoms with Crippen LogP contribution in [0.5, 0.6) is 0 Å². The van der Waals surface area contributed by atoms with Crippen molar-refractivity contribution in [2.45, 2.75) is 26.8 Å². The van der Waals surface area contributed by atoms with Crippen LogP contribution in [0, 0.1) is 13.8 Å². The topological polar surface area (TPSA) is 81.4 Å². The number of methoxy groups -OCH3 is 1. The number of carbonyl (C=O) groups is 2. The number of aromatic nitrogens is 1. The van der Waals surface area contributed by atoms with Crippen molar-refractivity contribution in [2.75, 3.05) is 7.11 Å². The van der Waals surface area contributed by atoms with Gasteiger partial charge in [0.05, 0.1) is 19.1 Å². The summed E-state index contributed by atoms with van der Waals surface area (Å²) in [7, 11) is 1.34. The van der Waals surface area contributed by atoms with Gasteiger partial charge in [0, 0.05) is 11.9 Å². The van der Waals surface area contributed by atoms with Gasteiger partial charge in [-0.3, -0.25) is 4.79 Å². The van der Waals surface area contributed by atoms with E-state index in [4.69, 9.17) is 4.52 Å². The van der Waals surface area contributed by atoms with E-state index in [0.29, 0.717) is 23.4 Å². The van der Waals surface area contributed by atoms with E-state index in [1.54, 1.807) is 24.3 Å². The van der Waals surface area contributed by atoms with Crippen molar-refractivity contribution in [3.8, 4) is 0 Å². The Morgan fingerprint density at radius 3 is 2.58 bits per heavy atom. The van der Waals surface area contributed by atoms with Crippen LogP contribution in [-0.4, -0.2) is 24.1 Å². The number of fused-ring (bicyclic) bond motifs is 1. The van der Waals surface area contributed by atoms with Crippen LogP contribution in [0.3, 0.4) is 0 Å². The third-order valence-electron chi connectivity index (χ3n) is 4.18. The van der Waals surface area contributed by atoms with Crippen molar-refractivity contribution < 1.29 is 18.8 Å². The molecule has 134 valence electrons. The zero-order valence-corrected chi connectivity index (χ0v) is 15.0. The molecule has 0 fully saturated rings. The largest absolute Gasteiger partial charge is 0.465 e. The Morgan fingerprint density at radius 1 is 1.15 bits per heavy atom. The maximum absolute atomic E-state index is 12.3. The predicted molar refractivity (Wildman–Crippen MR) is 96.8 cm³/mol. The van der Waals surface area contributed by atoms with Crippen molar-refractivity contribution in [3.05, 3.63) is 64.3 Å². The lowest BCUT2D eigenvalue weighted by Gasteiger charge is -2.06. The minimum Gasteiger partial charge on any atom is -0.465 e. The molecule has 3 rings (SSSR count). The summed E-state index contributed by atoms with van der Waals surface area (Å²) < 4.78 is 10.0. The van der Waals surface area contributed by atoms with Gasteiger partial charge >= 0.3 is 5.97 Å². The number of ether oxygens (including phenoxy) is 1. The molecule has 1 N–H and O–H groups in total. The lowest BCUT2D eigenvalue weighted by atomic mass is 10.0. The van der Waals surface area contributed by atoms with Crippen LogP contribution in [0.1, 0.15) is 32.7 Å². The highest BCUT2D eigenvalue weighted by Crippen LogP contribution is 2.24. The summed E-state index contributed by atoms with van der Waals surface area (Å²) in [4.78, 5) is 23.7. The number of benzene rings is 2. The second-order valence-corrected chi connectivity index (χ2v) is 6.23. The molecule has 2 aromatic carbocycles. The van der Waals surface area contributed by atoms with Gasteiger partial charge in [0.25, 0.3) is 0 Å². The van der Waals surface area contributed by atoms with Crippen LogP contribution < -0.4 is 5.32 Å². The van der Waals surface area contributed by atoms with Crippen molar-refractivity contribution >= 4 is 22.8 Å². The quantitative estimate of drug-likeness (QED) is 0.714. The van der Waals surface area contributed by atoms with E-state index < -0.39 is 0 Å². The van der Waals surface area contributed by atoms with Gasteiger partial charge in [-0.25, -0.2) is 4.79 Å². The summed E-state index contributed by atoms with van der Waals surface area (Å²) in [6.45, 7) is 4.35. The van der Waals surface area contributed by atoms with E-state index in [2.05, 4.69) is 15.2 Å². The number of hydrogen-bond donors (Lipinski definition) is 1. The smallest absolute Gasteiger partial charge is 0.337 e. The Labute approximate surface area is 151 Å². The maximum atomic E-state index is 12.3. The SMILES string of the molecule is COC(=O)c1ccc(CNC(=O)Cc2noc3cc(C)cc(C)c23)cc1. The van der Waals surface area contributed by atoms with Crippen LogP contribution in [0.25, 0.3) is 11.0 Å². The molecular weight excluding hydrogens is 332 g/mol. The highest BCUT2D eigenvalue weighted by atomic mass is 16.5. The summed E-state index contributed by atoms with van der Waals surface area (Å²) in [6, 6.07) is 10.9. The molecule has 0 radical (unpaired) electrons. The molecule has 26 heavy (non-hydrogen) atoms. The van der Waals surface area contributed by atoms with E-state index in [0.717, 1.165) is 22.1 Å². The monoisotopic (exact) mass is 352 g/mol. The Kier molecular flexibility index (Phi) is 5.02. The molecule has 0 saturated carbocycles. The molecule has 3 aromatic rings. The minimum atomic E-state index is -0.385. The first-order valence-electron chi connectivity index (χ1n) is 8.27. The first-order valence-corrected chi connectivity index (χ1v) is 8.27. The average molecular weight is 352 g/mol. The van der Waals surface area contributed by atoms with E-state index >= 15 is 0 Å². The highest BCUT2D eigenvalue weighted by molar-refractivity contribution is 5.89. The summed E-state index contributed by atoms with van der Waals surface area (Å²) in [5, 5.41) is 7.80. The third kappa shape index (κ3) is 3.74. The molecular formula is C20H20N2O4. The number of nitrogens with zero attached hydrogens (tertiary/aromatic N) is 1. The molecule has 6 nitrogen and oxygen atoms in total. The Balaban J connectivity index is 1.64. The van der Waals surface area contributed by atoms with Crippen LogP contribution in [0.4, 0.5) is 0 Å². The second kappa shape index (κ2) is 7.39. The number of esters is 1. The van der Waals surface area contributed by atoms with Gasteiger partial charge in [0.15, 0.2) is 5.58 Å². The molecule has 0 spiro atoms. The molecule has 1 aromatic heterocycles. The molecule has 6 heteroatoms. The van der Waals surface area contributed by atoms with Gasteiger partial charge < -0.3 is 14.6 Å². The number of aryl methyl sites for hydroxylation is 2. The standard InChI is InChI=1S/C20H20N2O4/c1-12-8-13(2)19-16(22-26-17(19)9-12)10-18(23)21-11-14-4-6-15(7-5-14)20(24)25-3/h4-9H,10-11H2,1-3H3,(H,21,23). The zero-order chi connectivity index (χ0) is 18.7. The van der Waals surface area contributed by atoms with Crippen LogP contribution in [0.15, 0.2) is 40.9 Å². The number of rotatable bonds is 5. The third-order valence-corrected chi connectivity index (χ3v) is 4.18. The summed E-state index contributed by atoms with van der Waals surface area (Å²) >= 11 is 0. The number of amides is 1. The number of hydrogen-bond acceptors (Lipinski definition) is 5. The molecule has 0 aliphatic heterocycles. The summed E-state index contributed by atoms with van der Waals surface area (Å²) in [5.74, 6) is -0.527. The van der Waals surface area contributed by atoms with Crippen LogP contribution in [-0.2, 0) is 22.5 Å². The van der Waals surface area contributed by atoms with Crippen molar-refractivity contribution in [1.29, 1.82) is 0 Å². The fourth-order valence-corrected chi connectivity index (χ4v) is 2.93. The molecule has 1 heterocycles. The van der Waals surface area contributed by atoms with Gasteiger partial charge in [0.2, 0.25) is 5.91 Å². The molecule has 0 aliphatic rings. The minimum absolute atomic E-state index is 0.141. The van der Waals surface area contributed by atoms with Gasteiger partial charge in [-0.2, -0.15) is 0 Å². The van der Waals surface area contributed by atoms with Crippen molar-refractivity contribution in [1.82, 2.24) is 10.5 Å². The number of nitrogens with one attached hydrogen (secondary N) is 1. The molecule has 0 aliphatic carbocycles. The fraction of sp³-hybridized carbons (Fsp3) is 0.250. The van der Waals surface area contributed by atoms with E-state index in [9.17, 15) is 9.59 Å². The summed E-state index contributed by atoms with van der Waals surface area (Å²) in [5.41, 5.74) is 4.84. The van der Waals surface area contributed by atoms with Crippen molar-refractivity contribution in [3.63, 3.8) is 0 Å². The highest BCUT2D eigenvalue weighted by Gasteiger charge is 2.15. The van der Waals surface area contributed by atoms with Gasteiger partial charge in [0.1, 0.15) is 5.69 Å². The Bertz CT molecular complexity index is 958. The Morgan fingerprint density at radius 2 is 1.88 bits per heavy atom. The van der Waals surface area contributed by atoms with E-state index in [-0.39, 0.29) is 18.3 Å². The Hall–Kier alpha value is -3.15. The molecule has 0 bridgehead atoms. The van der Waals surface area contributed by atoms with Crippen molar-refractivity contribution in [2.24, 2.45) is 0 Å². The maximum Gasteiger partial charge on any atom is 0.337 e. The van der Waals surface area contributed by atoms with Gasteiger partial charge in [-0.15, -0.1) is 0 Å². The first-order chi connectivity index (χ1) is 12.5. The molecule has 0 unspecified atom stereocenters. The van der Waals surface area contributed by atoms with E-state index in [1.807, 2.05) is 26.0 Å². The van der Waals surface area contributed by atoms with Crippen LogP contribution in [0.2, 0.25) is 0 Å². The normalized spacial score (nSPS) is 10.7. The zero-order valence-electron chi connectivity index (χ0n) is 15.0. The molecule has 0 saturated heterocycles. The molecule has 0 atom stereocenters. The van der Waals surface area contributed by atoms with Gasteiger partial charge in [-0.05, 0) is 48.7 Å². The first kappa shape index (κ1) is 17.7. The fourth-order valence-electron chi connectivity index (χ4n) is 2.93. The average Bonchev–Trinajstić information content (AvgIpc) is 3.02. The van der Waals surface area contributed by atoms with E-state index in [1.165, 1.54) is 7.11 Å².